The molecule has 124 valence electrons. The summed E-state index contributed by atoms with van der Waals surface area (Å²) in [5, 5.41) is 11.1. The monoisotopic (exact) mass is 305 g/mol. The zero-order chi connectivity index (χ0) is 16.0. The van der Waals surface area contributed by atoms with Crippen LogP contribution in [-0.2, 0) is 13.5 Å². The SMILES string of the molecule is CN=C(NCCc1cnn(C)c1)NCC1(CC(C)C)CCC1. The van der Waals surface area contributed by atoms with E-state index in [0.717, 1.165) is 31.4 Å². The van der Waals surface area contributed by atoms with Gasteiger partial charge in [-0.15, -0.1) is 0 Å². The lowest BCUT2D eigenvalue weighted by molar-refractivity contribution is 0.104. The number of aryl methyl sites for hydroxylation is 1. The standard InChI is InChI=1S/C17H31N5/c1-14(2)10-17(7-5-8-17)13-20-16(18-3)19-9-6-15-11-21-22(4)12-15/h11-12,14H,5-10,13H2,1-4H3,(H2,18,19,20). The van der Waals surface area contributed by atoms with Gasteiger partial charge in [0.05, 0.1) is 6.20 Å². The highest BCUT2D eigenvalue weighted by molar-refractivity contribution is 5.79. The number of hydrogen-bond acceptors (Lipinski definition) is 2. The fourth-order valence-corrected chi connectivity index (χ4v) is 3.41. The molecule has 0 aliphatic heterocycles. The quantitative estimate of drug-likeness (QED) is 0.600. The summed E-state index contributed by atoms with van der Waals surface area (Å²) in [6.07, 6.45) is 10.3. The summed E-state index contributed by atoms with van der Waals surface area (Å²) >= 11 is 0. The molecule has 2 rings (SSSR count). The molecule has 1 aliphatic rings. The maximum Gasteiger partial charge on any atom is 0.191 e. The van der Waals surface area contributed by atoms with Crippen LogP contribution in [0.4, 0.5) is 0 Å². The molecule has 0 bridgehead atoms. The first-order chi connectivity index (χ1) is 10.5. The Kier molecular flexibility index (Phi) is 5.86. The minimum Gasteiger partial charge on any atom is -0.356 e. The van der Waals surface area contributed by atoms with Gasteiger partial charge in [-0.25, -0.2) is 0 Å². The molecule has 0 radical (unpaired) electrons. The first-order valence-corrected chi connectivity index (χ1v) is 8.45. The summed E-state index contributed by atoms with van der Waals surface area (Å²) in [4.78, 5) is 4.34. The largest absolute Gasteiger partial charge is 0.356 e. The second-order valence-corrected chi connectivity index (χ2v) is 7.08. The predicted octanol–water partition coefficient (Wildman–Crippen LogP) is 2.34. The van der Waals surface area contributed by atoms with E-state index in [-0.39, 0.29) is 0 Å². The smallest absolute Gasteiger partial charge is 0.191 e. The molecule has 0 unspecified atom stereocenters. The van der Waals surface area contributed by atoms with Crippen molar-refractivity contribution in [2.75, 3.05) is 20.1 Å². The molecule has 1 aromatic heterocycles. The number of guanidine groups is 1. The second kappa shape index (κ2) is 7.65. The Bertz CT molecular complexity index is 485. The lowest BCUT2D eigenvalue weighted by Gasteiger charge is -2.43. The van der Waals surface area contributed by atoms with Gasteiger partial charge in [0.2, 0.25) is 0 Å². The minimum absolute atomic E-state index is 0.495. The molecule has 0 spiro atoms. The van der Waals surface area contributed by atoms with Crippen molar-refractivity contribution in [3.8, 4) is 0 Å². The van der Waals surface area contributed by atoms with E-state index in [4.69, 9.17) is 0 Å². The highest BCUT2D eigenvalue weighted by Crippen LogP contribution is 2.45. The molecule has 5 nitrogen and oxygen atoms in total. The summed E-state index contributed by atoms with van der Waals surface area (Å²) in [7, 11) is 3.79. The van der Waals surface area contributed by atoms with E-state index in [1.165, 1.54) is 31.2 Å². The molecule has 1 aliphatic carbocycles. The third-order valence-corrected chi connectivity index (χ3v) is 4.57. The zero-order valence-electron chi connectivity index (χ0n) is 14.5. The molecular formula is C17H31N5. The van der Waals surface area contributed by atoms with Gasteiger partial charge in [0.25, 0.3) is 0 Å². The highest BCUT2D eigenvalue weighted by atomic mass is 15.2. The van der Waals surface area contributed by atoms with E-state index < -0.39 is 0 Å². The van der Waals surface area contributed by atoms with Gasteiger partial charge in [0, 0.05) is 33.4 Å². The van der Waals surface area contributed by atoms with Crippen molar-refractivity contribution in [3.05, 3.63) is 18.0 Å². The molecule has 0 atom stereocenters. The van der Waals surface area contributed by atoms with Crippen molar-refractivity contribution >= 4 is 5.96 Å². The van der Waals surface area contributed by atoms with Crippen LogP contribution in [0.2, 0.25) is 0 Å². The second-order valence-electron chi connectivity index (χ2n) is 7.08. The van der Waals surface area contributed by atoms with E-state index in [1.54, 1.807) is 0 Å². The van der Waals surface area contributed by atoms with Gasteiger partial charge in [-0.1, -0.05) is 20.3 Å². The van der Waals surface area contributed by atoms with Crippen LogP contribution in [0.5, 0.6) is 0 Å². The summed E-state index contributed by atoms with van der Waals surface area (Å²) in [6.45, 7) is 6.56. The maximum absolute atomic E-state index is 4.34. The molecule has 1 saturated carbocycles. The molecular weight excluding hydrogens is 274 g/mol. The normalized spacial score (nSPS) is 17.4. The fraction of sp³-hybridized carbons (Fsp3) is 0.765. The van der Waals surface area contributed by atoms with E-state index in [9.17, 15) is 0 Å². The molecule has 1 aromatic rings. The number of aliphatic imine (C=N–C) groups is 1. The molecule has 22 heavy (non-hydrogen) atoms. The molecule has 5 heteroatoms. The lowest BCUT2D eigenvalue weighted by atomic mass is 9.64. The van der Waals surface area contributed by atoms with E-state index in [2.05, 4.69) is 40.8 Å². The number of aromatic nitrogens is 2. The van der Waals surface area contributed by atoms with Crippen molar-refractivity contribution in [2.45, 2.75) is 46.0 Å². The van der Waals surface area contributed by atoms with Crippen LogP contribution in [0.25, 0.3) is 0 Å². The van der Waals surface area contributed by atoms with Crippen molar-refractivity contribution in [3.63, 3.8) is 0 Å². The lowest BCUT2D eigenvalue weighted by Crippen LogP contribution is -2.47. The Morgan fingerprint density at radius 1 is 1.41 bits per heavy atom. The molecule has 0 amide bonds. The van der Waals surface area contributed by atoms with Crippen LogP contribution in [-0.4, -0.2) is 35.9 Å². The van der Waals surface area contributed by atoms with Crippen LogP contribution in [0.1, 0.15) is 45.1 Å². The Hall–Kier alpha value is -1.52. The zero-order valence-corrected chi connectivity index (χ0v) is 14.5. The summed E-state index contributed by atoms with van der Waals surface area (Å²) in [5.41, 5.74) is 1.75. The Morgan fingerprint density at radius 3 is 2.68 bits per heavy atom. The number of nitrogens with zero attached hydrogens (tertiary/aromatic N) is 3. The summed E-state index contributed by atoms with van der Waals surface area (Å²) < 4.78 is 1.84. The van der Waals surface area contributed by atoms with Crippen molar-refractivity contribution < 1.29 is 0 Å². The van der Waals surface area contributed by atoms with Gasteiger partial charge >= 0.3 is 0 Å². The van der Waals surface area contributed by atoms with Gasteiger partial charge in [-0.3, -0.25) is 9.67 Å². The van der Waals surface area contributed by atoms with Gasteiger partial charge < -0.3 is 10.6 Å². The third-order valence-electron chi connectivity index (χ3n) is 4.57. The fourth-order valence-electron chi connectivity index (χ4n) is 3.41. The van der Waals surface area contributed by atoms with Crippen molar-refractivity contribution in [1.29, 1.82) is 0 Å². The minimum atomic E-state index is 0.495. The first kappa shape index (κ1) is 16.8. The Labute approximate surface area is 134 Å². The number of nitrogens with one attached hydrogen (secondary N) is 2. The van der Waals surface area contributed by atoms with Gasteiger partial charge in [-0.05, 0) is 42.6 Å². The van der Waals surface area contributed by atoms with Crippen LogP contribution in [0.3, 0.4) is 0 Å². The van der Waals surface area contributed by atoms with E-state index >= 15 is 0 Å². The van der Waals surface area contributed by atoms with Gasteiger partial charge in [0.15, 0.2) is 5.96 Å². The Morgan fingerprint density at radius 2 is 2.18 bits per heavy atom. The van der Waals surface area contributed by atoms with Crippen LogP contribution >= 0.6 is 0 Å². The first-order valence-electron chi connectivity index (χ1n) is 8.45. The average Bonchev–Trinajstić information content (AvgIpc) is 2.84. The molecule has 0 saturated heterocycles. The summed E-state index contributed by atoms with van der Waals surface area (Å²) in [5.74, 6) is 1.68. The predicted molar refractivity (Wildman–Crippen MR) is 92.0 cm³/mol. The third kappa shape index (κ3) is 4.75. The maximum atomic E-state index is 4.34. The van der Waals surface area contributed by atoms with Crippen LogP contribution in [0.15, 0.2) is 17.4 Å². The van der Waals surface area contributed by atoms with Crippen molar-refractivity contribution in [1.82, 2.24) is 20.4 Å². The summed E-state index contributed by atoms with van der Waals surface area (Å²) in [6, 6.07) is 0. The average molecular weight is 305 g/mol. The molecule has 0 aromatic carbocycles. The number of hydrogen-bond donors (Lipinski definition) is 2. The van der Waals surface area contributed by atoms with E-state index in [0.29, 0.717) is 5.41 Å². The topological polar surface area (TPSA) is 54.2 Å². The molecule has 2 N–H and O–H groups in total. The molecule has 1 fully saturated rings. The highest BCUT2D eigenvalue weighted by Gasteiger charge is 2.37. The van der Waals surface area contributed by atoms with Crippen LogP contribution < -0.4 is 10.6 Å². The number of rotatable bonds is 7. The van der Waals surface area contributed by atoms with Gasteiger partial charge in [-0.2, -0.15) is 5.10 Å². The van der Waals surface area contributed by atoms with Crippen LogP contribution in [0, 0.1) is 11.3 Å². The molecule has 1 heterocycles. The van der Waals surface area contributed by atoms with E-state index in [1.807, 2.05) is 25.0 Å². The van der Waals surface area contributed by atoms with Crippen molar-refractivity contribution in [2.24, 2.45) is 23.4 Å². The Balaban J connectivity index is 1.73. The van der Waals surface area contributed by atoms with Gasteiger partial charge in [0.1, 0.15) is 0 Å².